The fraction of sp³-hybridized carbons (Fsp3) is 0.722. The van der Waals surface area contributed by atoms with Crippen molar-refractivity contribution in [2.24, 2.45) is 0 Å². The Hall–Kier alpha value is -1.67. The van der Waals surface area contributed by atoms with Gasteiger partial charge in [0.15, 0.2) is 0 Å². The maximum Gasteiger partial charge on any atom is 0.410 e. The minimum atomic E-state index is -0.719. The van der Waals surface area contributed by atoms with Crippen LogP contribution in [0.1, 0.15) is 73.9 Å². The van der Waals surface area contributed by atoms with E-state index in [0.29, 0.717) is 12.2 Å². The van der Waals surface area contributed by atoms with Gasteiger partial charge in [-0.25, -0.2) is 9.78 Å². The standard InChI is InChI=1S/C18H29N3O4S/c1-11-13(14(23)20-18(5,6)10-22)19-15(26-11)12-8-7-9-21(12)16(24)25-17(2,3)4/h12,22H,7-10H2,1-6H3,(H,20,23)/t12-/m0/s1. The summed E-state index contributed by atoms with van der Waals surface area (Å²) < 4.78 is 5.50. The average molecular weight is 384 g/mol. The van der Waals surface area contributed by atoms with E-state index in [1.165, 1.54) is 11.3 Å². The predicted molar refractivity (Wildman–Crippen MR) is 100 cm³/mol. The Morgan fingerprint density at radius 3 is 2.58 bits per heavy atom. The number of aliphatic hydroxyl groups is 1. The van der Waals surface area contributed by atoms with Crippen molar-refractivity contribution in [3.05, 3.63) is 15.6 Å². The molecule has 1 atom stereocenters. The van der Waals surface area contributed by atoms with Crippen molar-refractivity contribution in [1.29, 1.82) is 0 Å². The van der Waals surface area contributed by atoms with Crippen molar-refractivity contribution in [3.63, 3.8) is 0 Å². The van der Waals surface area contributed by atoms with Crippen molar-refractivity contribution < 1.29 is 19.4 Å². The van der Waals surface area contributed by atoms with Crippen LogP contribution in [0.2, 0.25) is 0 Å². The number of ether oxygens (including phenoxy) is 1. The Bertz CT molecular complexity index is 678. The van der Waals surface area contributed by atoms with Crippen LogP contribution in [0.25, 0.3) is 0 Å². The number of carbonyl (C=O) groups is 2. The molecular weight excluding hydrogens is 354 g/mol. The van der Waals surface area contributed by atoms with Crippen LogP contribution in [0.4, 0.5) is 4.79 Å². The first-order valence-corrected chi connectivity index (χ1v) is 9.65. The molecule has 0 aromatic carbocycles. The Kier molecular flexibility index (Phi) is 5.97. The highest BCUT2D eigenvalue weighted by Gasteiger charge is 2.36. The summed E-state index contributed by atoms with van der Waals surface area (Å²) in [6.07, 6.45) is 1.33. The normalized spacial score (nSPS) is 18.1. The monoisotopic (exact) mass is 383 g/mol. The van der Waals surface area contributed by atoms with Gasteiger partial charge in [-0.15, -0.1) is 11.3 Å². The second-order valence-corrected chi connectivity index (χ2v) is 9.52. The molecule has 146 valence electrons. The molecule has 7 nitrogen and oxygen atoms in total. The molecule has 1 aromatic heterocycles. The molecule has 0 radical (unpaired) electrons. The topological polar surface area (TPSA) is 91.8 Å². The second-order valence-electron chi connectivity index (χ2n) is 8.28. The van der Waals surface area contributed by atoms with Gasteiger partial charge in [0.1, 0.15) is 16.3 Å². The number of aromatic nitrogens is 1. The number of aliphatic hydroxyl groups excluding tert-OH is 1. The molecule has 1 aliphatic rings. The third kappa shape index (κ3) is 4.94. The minimum absolute atomic E-state index is 0.163. The molecular formula is C18H29N3O4S. The second kappa shape index (κ2) is 7.52. The van der Waals surface area contributed by atoms with Gasteiger partial charge in [-0.3, -0.25) is 9.69 Å². The summed E-state index contributed by atoms with van der Waals surface area (Å²) in [4.78, 5) is 32.0. The number of nitrogens with one attached hydrogen (secondary N) is 1. The van der Waals surface area contributed by atoms with E-state index in [0.717, 1.165) is 22.7 Å². The molecule has 0 bridgehead atoms. The zero-order chi connectivity index (χ0) is 19.7. The van der Waals surface area contributed by atoms with Gasteiger partial charge in [0, 0.05) is 11.4 Å². The Morgan fingerprint density at radius 1 is 1.35 bits per heavy atom. The van der Waals surface area contributed by atoms with Crippen LogP contribution in [-0.2, 0) is 4.74 Å². The molecule has 2 heterocycles. The Labute approximate surface area is 158 Å². The highest BCUT2D eigenvalue weighted by atomic mass is 32.1. The first-order valence-electron chi connectivity index (χ1n) is 8.84. The molecule has 2 amide bonds. The lowest BCUT2D eigenvalue weighted by molar-refractivity contribution is 0.0224. The van der Waals surface area contributed by atoms with E-state index in [1.54, 1.807) is 18.7 Å². The van der Waals surface area contributed by atoms with Crippen LogP contribution in [0.15, 0.2) is 0 Å². The molecule has 1 saturated heterocycles. The van der Waals surface area contributed by atoms with Gasteiger partial charge in [-0.1, -0.05) is 0 Å². The molecule has 8 heteroatoms. The molecule has 2 rings (SSSR count). The van der Waals surface area contributed by atoms with Crippen molar-refractivity contribution >= 4 is 23.3 Å². The van der Waals surface area contributed by atoms with Crippen molar-refractivity contribution in [1.82, 2.24) is 15.2 Å². The van der Waals surface area contributed by atoms with E-state index in [9.17, 15) is 14.7 Å². The molecule has 1 fully saturated rings. The highest BCUT2D eigenvalue weighted by Crippen LogP contribution is 2.36. The summed E-state index contributed by atoms with van der Waals surface area (Å²) in [5.74, 6) is -0.314. The summed E-state index contributed by atoms with van der Waals surface area (Å²) in [6, 6.07) is -0.166. The van der Waals surface area contributed by atoms with Crippen LogP contribution in [-0.4, -0.2) is 51.3 Å². The summed E-state index contributed by atoms with van der Waals surface area (Å²) in [5, 5.41) is 12.9. The first-order chi connectivity index (χ1) is 11.9. The van der Waals surface area contributed by atoms with Crippen LogP contribution >= 0.6 is 11.3 Å². The zero-order valence-corrected chi connectivity index (χ0v) is 17.2. The lowest BCUT2D eigenvalue weighted by atomic mass is 10.1. The SMILES string of the molecule is Cc1sc([C@@H]2CCCN2C(=O)OC(C)(C)C)nc1C(=O)NC(C)(C)CO. The molecule has 1 aliphatic heterocycles. The quantitative estimate of drug-likeness (QED) is 0.834. The zero-order valence-electron chi connectivity index (χ0n) is 16.4. The third-order valence-corrected chi connectivity index (χ3v) is 5.11. The smallest absolute Gasteiger partial charge is 0.410 e. The highest BCUT2D eigenvalue weighted by molar-refractivity contribution is 7.12. The van der Waals surface area contributed by atoms with Crippen molar-refractivity contribution in [2.45, 2.75) is 71.6 Å². The van der Waals surface area contributed by atoms with Gasteiger partial charge >= 0.3 is 6.09 Å². The van der Waals surface area contributed by atoms with E-state index in [1.807, 2.05) is 27.7 Å². The molecule has 0 unspecified atom stereocenters. The maximum absolute atomic E-state index is 12.5. The van der Waals surface area contributed by atoms with Crippen LogP contribution in [0, 0.1) is 6.92 Å². The largest absolute Gasteiger partial charge is 0.444 e. The van der Waals surface area contributed by atoms with Gasteiger partial charge in [0.2, 0.25) is 0 Å². The average Bonchev–Trinajstić information content (AvgIpc) is 3.11. The number of hydrogen-bond acceptors (Lipinski definition) is 6. The molecule has 0 spiro atoms. The van der Waals surface area contributed by atoms with E-state index in [4.69, 9.17) is 4.74 Å². The molecule has 2 N–H and O–H groups in total. The van der Waals surface area contributed by atoms with Crippen LogP contribution < -0.4 is 5.32 Å². The van der Waals surface area contributed by atoms with Gasteiger partial charge in [-0.2, -0.15) is 0 Å². The van der Waals surface area contributed by atoms with Gasteiger partial charge in [0.05, 0.1) is 18.2 Å². The summed E-state index contributed by atoms with van der Waals surface area (Å²) >= 11 is 1.43. The van der Waals surface area contributed by atoms with Crippen molar-refractivity contribution in [3.8, 4) is 0 Å². The number of thiazole rings is 1. The van der Waals surface area contributed by atoms with Crippen LogP contribution in [0.3, 0.4) is 0 Å². The molecule has 1 aromatic rings. The van der Waals surface area contributed by atoms with Gasteiger partial charge < -0.3 is 15.2 Å². The fourth-order valence-electron chi connectivity index (χ4n) is 2.74. The van der Waals surface area contributed by atoms with Gasteiger partial charge in [-0.05, 0) is 54.4 Å². The van der Waals surface area contributed by atoms with E-state index in [-0.39, 0.29) is 24.6 Å². The Balaban J connectivity index is 2.19. The summed E-state index contributed by atoms with van der Waals surface area (Å²) in [5.41, 5.74) is -0.921. The van der Waals surface area contributed by atoms with Crippen LogP contribution in [0.5, 0.6) is 0 Å². The number of nitrogens with zero attached hydrogens (tertiary/aromatic N) is 2. The maximum atomic E-state index is 12.5. The number of aryl methyl sites for hydroxylation is 1. The Morgan fingerprint density at radius 2 is 2.00 bits per heavy atom. The molecule has 0 saturated carbocycles. The third-order valence-electron chi connectivity index (χ3n) is 4.04. The lowest BCUT2D eigenvalue weighted by Crippen LogP contribution is -2.46. The molecule has 0 aliphatic carbocycles. The number of rotatable bonds is 4. The molecule has 26 heavy (non-hydrogen) atoms. The lowest BCUT2D eigenvalue weighted by Gasteiger charge is -2.27. The fourth-order valence-corrected chi connectivity index (χ4v) is 3.81. The van der Waals surface area contributed by atoms with E-state index in [2.05, 4.69) is 10.3 Å². The summed E-state index contributed by atoms with van der Waals surface area (Å²) in [7, 11) is 0. The van der Waals surface area contributed by atoms with E-state index < -0.39 is 11.1 Å². The number of amides is 2. The summed E-state index contributed by atoms with van der Waals surface area (Å²) in [6.45, 7) is 11.3. The number of likely N-dealkylation sites (tertiary alicyclic amines) is 1. The van der Waals surface area contributed by atoms with E-state index >= 15 is 0 Å². The predicted octanol–water partition coefficient (Wildman–Crippen LogP) is 3.02. The number of hydrogen-bond donors (Lipinski definition) is 2. The number of carbonyl (C=O) groups excluding carboxylic acids is 2. The first kappa shape index (κ1) is 20.6. The van der Waals surface area contributed by atoms with Crippen molar-refractivity contribution in [2.75, 3.05) is 13.2 Å². The van der Waals surface area contributed by atoms with Gasteiger partial charge in [0.25, 0.3) is 5.91 Å². The minimum Gasteiger partial charge on any atom is -0.444 e.